The molecule has 2 aliphatic heterocycles. The molecule has 6 heteroatoms. The smallest absolute Gasteiger partial charge is 0.239 e. The summed E-state index contributed by atoms with van der Waals surface area (Å²) in [6.45, 7) is 7.43. The first-order valence-corrected chi connectivity index (χ1v) is 7.80. The van der Waals surface area contributed by atoms with Crippen molar-refractivity contribution in [2.75, 3.05) is 44.2 Å². The summed E-state index contributed by atoms with van der Waals surface area (Å²) in [6.07, 6.45) is 5.84. The van der Waals surface area contributed by atoms with Gasteiger partial charge in [0, 0.05) is 51.7 Å². The standard InChI is InChI=1S/C15H23N5O/c1-13(14(21)19-7-2-3-8-19)18-9-11-20(12-10-18)15-16-5-4-6-17-15/h4-6,13H,2-3,7-12H2,1H3. The zero-order chi connectivity index (χ0) is 14.7. The molecule has 1 unspecified atom stereocenters. The lowest BCUT2D eigenvalue weighted by Crippen LogP contribution is -2.54. The van der Waals surface area contributed by atoms with Gasteiger partial charge in [-0.15, -0.1) is 0 Å². The summed E-state index contributed by atoms with van der Waals surface area (Å²) >= 11 is 0. The molecule has 1 amide bonds. The van der Waals surface area contributed by atoms with Crippen molar-refractivity contribution in [3.8, 4) is 0 Å². The SMILES string of the molecule is CC(C(=O)N1CCCC1)N1CCN(c2ncccn2)CC1. The summed E-state index contributed by atoms with van der Waals surface area (Å²) in [7, 11) is 0. The van der Waals surface area contributed by atoms with Crippen molar-refractivity contribution in [2.24, 2.45) is 0 Å². The van der Waals surface area contributed by atoms with E-state index in [0.29, 0.717) is 0 Å². The van der Waals surface area contributed by atoms with Gasteiger partial charge < -0.3 is 9.80 Å². The lowest BCUT2D eigenvalue weighted by molar-refractivity contribution is -0.135. The maximum absolute atomic E-state index is 12.4. The van der Waals surface area contributed by atoms with Crippen molar-refractivity contribution in [3.63, 3.8) is 0 Å². The zero-order valence-electron chi connectivity index (χ0n) is 12.6. The number of nitrogens with zero attached hydrogens (tertiary/aromatic N) is 5. The third-order valence-corrected chi connectivity index (χ3v) is 4.47. The van der Waals surface area contributed by atoms with Crippen molar-refractivity contribution in [1.82, 2.24) is 19.8 Å². The molecule has 0 saturated carbocycles. The van der Waals surface area contributed by atoms with Crippen LogP contribution >= 0.6 is 0 Å². The topological polar surface area (TPSA) is 52.6 Å². The van der Waals surface area contributed by atoms with E-state index in [4.69, 9.17) is 0 Å². The normalized spacial score (nSPS) is 21.6. The van der Waals surface area contributed by atoms with Crippen LogP contribution in [0.2, 0.25) is 0 Å². The monoisotopic (exact) mass is 289 g/mol. The van der Waals surface area contributed by atoms with Crippen LogP contribution in [0.1, 0.15) is 19.8 Å². The Balaban J connectivity index is 1.54. The maximum atomic E-state index is 12.4. The van der Waals surface area contributed by atoms with Crippen LogP contribution in [0.25, 0.3) is 0 Å². The molecule has 3 heterocycles. The number of anilines is 1. The van der Waals surface area contributed by atoms with E-state index in [9.17, 15) is 4.79 Å². The van der Waals surface area contributed by atoms with E-state index < -0.39 is 0 Å². The van der Waals surface area contributed by atoms with Gasteiger partial charge in [-0.25, -0.2) is 9.97 Å². The molecule has 6 nitrogen and oxygen atoms in total. The first-order chi connectivity index (χ1) is 10.3. The molecule has 0 N–H and O–H groups in total. The first-order valence-electron chi connectivity index (χ1n) is 7.80. The highest BCUT2D eigenvalue weighted by atomic mass is 16.2. The number of rotatable bonds is 3. The molecule has 2 saturated heterocycles. The Labute approximate surface area is 125 Å². The second-order valence-corrected chi connectivity index (χ2v) is 5.78. The van der Waals surface area contributed by atoms with Gasteiger partial charge in [-0.3, -0.25) is 9.69 Å². The fourth-order valence-electron chi connectivity index (χ4n) is 3.12. The third-order valence-electron chi connectivity index (χ3n) is 4.47. The summed E-state index contributed by atoms with van der Waals surface area (Å²) in [5, 5.41) is 0. The molecule has 21 heavy (non-hydrogen) atoms. The summed E-state index contributed by atoms with van der Waals surface area (Å²) in [5.74, 6) is 1.08. The van der Waals surface area contributed by atoms with E-state index in [0.717, 1.165) is 58.1 Å². The number of likely N-dealkylation sites (tertiary alicyclic amines) is 1. The second-order valence-electron chi connectivity index (χ2n) is 5.78. The molecular formula is C15H23N5O. The van der Waals surface area contributed by atoms with Gasteiger partial charge in [0.1, 0.15) is 0 Å². The quantitative estimate of drug-likeness (QED) is 0.816. The third kappa shape index (κ3) is 3.15. The fourth-order valence-corrected chi connectivity index (χ4v) is 3.12. The van der Waals surface area contributed by atoms with Crippen LogP contribution in [0.15, 0.2) is 18.5 Å². The molecule has 0 aromatic carbocycles. The molecule has 1 atom stereocenters. The summed E-state index contributed by atoms with van der Waals surface area (Å²) in [5.41, 5.74) is 0. The zero-order valence-corrected chi connectivity index (χ0v) is 12.6. The van der Waals surface area contributed by atoms with Crippen LogP contribution in [-0.4, -0.2) is 71.0 Å². The Morgan fingerprint density at radius 3 is 2.29 bits per heavy atom. The summed E-state index contributed by atoms with van der Waals surface area (Å²) in [4.78, 5) is 27.5. The average Bonchev–Trinajstić information content (AvgIpc) is 3.09. The Kier molecular flexibility index (Phi) is 4.34. The van der Waals surface area contributed by atoms with Gasteiger partial charge >= 0.3 is 0 Å². The molecule has 0 bridgehead atoms. The van der Waals surface area contributed by atoms with Crippen molar-refractivity contribution in [3.05, 3.63) is 18.5 Å². The number of amides is 1. The number of carbonyl (C=O) groups is 1. The van der Waals surface area contributed by atoms with Crippen LogP contribution in [0.5, 0.6) is 0 Å². The minimum absolute atomic E-state index is 0.0121. The van der Waals surface area contributed by atoms with Crippen molar-refractivity contribution < 1.29 is 4.79 Å². The summed E-state index contributed by atoms with van der Waals surface area (Å²) < 4.78 is 0. The molecule has 1 aromatic rings. The van der Waals surface area contributed by atoms with Gasteiger partial charge in [0.15, 0.2) is 0 Å². The van der Waals surface area contributed by atoms with Crippen LogP contribution < -0.4 is 4.90 Å². The second kappa shape index (κ2) is 6.39. The Hall–Kier alpha value is -1.69. The highest BCUT2D eigenvalue weighted by molar-refractivity contribution is 5.81. The predicted molar refractivity (Wildman–Crippen MR) is 81.1 cm³/mol. The highest BCUT2D eigenvalue weighted by Gasteiger charge is 2.30. The molecule has 2 aliphatic rings. The number of hydrogen-bond donors (Lipinski definition) is 0. The van der Waals surface area contributed by atoms with Gasteiger partial charge in [0.25, 0.3) is 0 Å². The van der Waals surface area contributed by atoms with Gasteiger partial charge in [0.2, 0.25) is 11.9 Å². The van der Waals surface area contributed by atoms with Crippen molar-refractivity contribution in [1.29, 1.82) is 0 Å². The Morgan fingerprint density at radius 1 is 1.05 bits per heavy atom. The van der Waals surface area contributed by atoms with Crippen molar-refractivity contribution in [2.45, 2.75) is 25.8 Å². The Bertz CT molecular complexity index is 466. The van der Waals surface area contributed by atoms with E-state index in [2.05, 4.69) is 19.8 Å². The van der Waals surface area contributed by atoms with E-state index in [1.807, 2.05) is 17.9 Å². The summed E-state index contributed by atoms with van der Waals surface area (Å²) in [6, 6.07) is 1.82. The van der Waals surface area contributed by atoms with Crippen molar-refractivity contribution >= 4 is 11.9 Å². The van der Waals surface area contributed by atoms with Crippen LogP contribution in [0, 0.1) is 0 Å². The lowest BCUT2D eigenvalue weighted by Gasteiger charge is -2.38. The van der Waals surface area contributed by atoms with Crippen LogP contribution in [0.4, 0.5) is 5.95 Å². The fraction of sp³-hybridized carbons (Fsp3) is 0.667. The van der Waals surface area contributed by atoms with E-state index >= 15 is 0 Å². The van der Waals surface area contributed by atoms with Crippen LogP contribution in [0.3, 0.4) is 0 Å². The number of carbonyl (C=O) groups excluding carboxylic acids is 1. The average molecular weight is 289 g/mol. The molecule has 0 spiro atoms. The van der Waals surface area contributed by atoms with Gasteiger partial charge in [-0.1, -0.05) is 0 Å². The number of hydrogen-bond acceptors (Lipinski definition) is 5. The largest absolute Gasteiger partial charge is 0.341 e. The lowest BCUT2D eigenvalue weighted by atomic mass is 10.2. The maximum Gasteiger partial charge on any atom is 0.239 e. The van der Waals surface area contributed by atoms with Gasteiger partial charge in [0.05, 0.1) is 6.04 Å². The number of piperazine rings is 1. The van der Waals surface area contributed by atoms with Gasteiger partial charge in [-0.05, 0) is 25.8 Å². The number of aromatic nitrogens is 2. The van der Waals surface area contributed by atoms with E-state index in [1.54, 1.807) is 12.4 Å². The molecule has 3 rings (SSSR count). The molecule has 2 fully saturated rings. The first kappa shape index (κ1) is 14.3. The molecule has 1 aromatic heterocycles. The minimum Gasteiger partial charge on any atom is -0.341 e. The van der Waals surface area contributed by atoms with Gasteiger partial charge in [-0.2, -0.15) is 0 Å². The Morgan fingerprint density at radius 2 is 1.67 bits per heavy atom. The highest BCUT2D eigenvalue weighted by Crippen LogP contribution is 2.15. The molecular weight excluding hydrogens is 266 g/mol. The predicted octanol–water partition coefficient (Wildman–Crippen LogP) is 0.609. The van der Waals surface area contributed by atoms with E-state index in [1.165, 1.54) is 0 Å². The molecule has 0 aliphatic carbocycles. The molecule has 114 valence electrons. The van der Waals surface area contributed by atoms with Crippen LogP contribution in [-0.2, 0) is 4.79 Å². The van der Waals surface area contributed by atoms with E-state index in [-0.39, 0.29) is 11.9 Å². The molecule has 0 radical (unpaired) electrons. The minimum atomic E-state index is -0.0121.